The van der Waals surface area contributed by atoms with Gasteiger partial charge < -0.3 is 30.0 Å². The summed E-state index contributed by atoms with van der Waals surface area (Å²) in [5.74, 6) is -0.904. The molecule has 2 atom stereocenters. The van der Waals surface area contributed by atoms with Crippen LogP contribution in [0.4, 0.5) is 15.0 Å². The maximum Gasteiger partial charge on any atom is 0.407 e. The van der Waals surface area contributed by atoms with Crippen LogP contribution in [0.1, 0.15) is 67.1 Å². The Morgan fingerprint density at radius 2 is 2.00 bits per heavy atom. The summed E-state index contributed by atoms with van der Waals surface area (Å²) in [5.41, 5.74) is 1.25. The number of amides is 2. The molecule has 13 heteroatoms. The lowest BCUT2D eigenvalue weighted by atomic mass is 10.0. The van der Waals surface area contributed by atoms with Crippen molar-refractivity contribution in [3.63, 3.8) is 0 Å². The van der Waals surface area contributed by atoms with E-state index in [4.69, 9.17) is 14.2 Å². The van der Waals surface area contributed by atoms with Crippen LogP contribution in [0.2, 0.25) is 0 Å². The topological polar surface area (TPSA) is 153 Å². The molecule has 1 saturated heterocycles. The molecule has 5 rings (SSSR count). The molecule has 0 unspecified atom stereocenters. The van der Waals surface area contributed by atoms with Gasteiger partial charge in [-0.05, 0) is 51.3 Å². The number of anilines is 1. The summed E-state index contributed by atoms with van der Waals surface area (Å²) < 4.78 is 32.7. The number of phenolic OH excluding ortho intramolecular Hbond substituents is 1. The number of alkyl carbamates (subject to hydrolysis) is 1. The first-order valence-electron chi connectivity index (χ1n) is 12.8. The van der Waals surface area contributed by atoms with Gasteiger partial charge in [0.2, 0.25) is 0 Å². The summed E-state index contributed by atoms with van der Waals surface area (Å²) in [6, 6.07) is 5.53. The molecule has 208 valence electrons. The van der Waals surface area contributed by atoms with Crippen molar-refractivity contribution in [3.8, 4) is 17.0 Å². The summed E-state index contributed by atoms with van der Waals surface area (Å²) in [6.07, 6.45) is 0.641. The van der Waals surface area contributed by atoms with Crippen LogP contribution in [0.3, 0.4) is 0 Å². The SMILES string of the molecule is CC(C)NC(=O)O[C@@H]1CC[C@H](c2cc(NC(=O)c3cc(-c4c(F)ccc(O)c4C4OCCO4)nn3C)n[nH]2)C1. The number of nitrogens with zero attached hydrogens (tertiary/aromatic N) is 3. The maximum absolute atomic E-state index is 14.9. The normalized spacial score (nSPS) is 19.5. The zero-order chi connectivity index (χ0) is 27.7. The minimum absolute atomic E-state index is 0.000214. The number of H-pyrrole nitrogens is 1. The number of hydrogen-bond donors (Lipinski definition) is 4. The van der Waals surface area contributed by atoms with Crippen LogP contribution in [0.15, 0.2) is 24.3 Å². The number of benzene rings is 1. The largest absolute Gasteiger partial charge is 0.507 e. The highest BCUT2D eigenvalue weighted by Crippen LogP contribution is 2.40. The van der Waals surface area contributed by atoms with Gasteiger partial charge in [-0.2, -0.15) is 10.2 Å². The highest BCUT2D eigenvalue weighted by atomic mass is 19.1. The van der Waals surface area contributed by atoms with E-state index in [0.29, 0.717) is 25.5 Å². The van der Waals surface area contributed by atoms with Crippen molar-refractivity contribution < 1.29 is 33.3 Å². The fraction of sp³-hybridized carbons (Fsp3) is 0.462. The van der Waals surface area contributed by atoms with Crippen molar-refractivity contribution in [2.24, 2.45) is 7.05 Å². The van der Waals surface area contributed by atoms with Gasteiger partial charge in [0.1, 0.15) is 23.4 Å². The number of hydrogen-bond acceptors (Lipinski definition) is 8. The zero-order valence-corrected chi connectivity index (χ0v) is 21.9. The Kier molecular flexibility index (Phi) is 7.53. The van der Waals surface area contributed by atoms with Crippen LogP contribution in [-0.2, 0) is 21.3 Å². The summed E-state index contributed by atoms with van der Waals surface area (Å²) in [6.45, 7) is 4.36. The zero-order valence-electron chi connectivity index (χ0n) is 21.9. The number of rotatable bonds is 7. The van der Waals surface area contributed by atoms with E-state index in [2.05, 4.69) is 25.9 Å². The standard InChI is InChI=1S/C26H31FN6O6/c1-13(2)28-26(36)39-15-5-4-14(10-15)17-12-21(31-30-17)29-24(35)19-11-18(32-33(19)3)22-16(27)6-7-20(34)23(22)25-37-8-9-38-25/h6-7,11-15,25,34H,4-5,8-10H2,1-3H3,(H,28,36)(H2,29,30,31,35)/t14-,15+/m0/s1. The van der Waals surface area contributed by atoms with Crippen molar-refractivity contribution in [1.29, 1.82) is 0 Å². The first kappa shape index (κ1) is 26.6. The number of carbonyl (C=O) groups excluding carboxylic acids is 2. The minimum atomic E-state index is -0.942. The third-order valence-electron chi connectivity index (χ3n) is 6.74. The van der Waals surface area contributed by atoms with Gasteiger partial charge in [0.05, 0.1) is 24.5 Å². The average molecular weight is 543 g/mol. The van der Waals surface area contributed by atoms with E-state index in [1.807, 2.05) is 13.8 Å². The fourth-order valence-electron chi connectivity index (χ4n) is 4.95. The van der Waals surface area contributed by atoms with Crippen LogP contribution >= 0.6 is 0 Å². The third-order valence-corrected chi connectivity index (χ3v) is 6.74. The first-order valence-corrected chi connectivity index (χ1v) is 12.8. The second-order valence-corrected chi connectivity index (χ2v) is 9.97. The smallest absolute Gasteiger partial charge is 0.407 e. The Hall–Kier alpha value is -3.97. The Morgan fingerprint density at radius 3 is 2.74 bits per heavy atom. The molecule has 39 heavy (non-hydrogen) atoms. The molecule has 2 aliphatic rings. The van der Waals surface area contributed by atoms with Gasteiger partial charge in [0.25, 0.3) is 5.91 Å². The van der Waals surface area contributed by atoms with Gasteiger partial charge in [0.15, 0.2) is 12.1 Å². The highest BCUT2D eigenvalue weighted by molar-refractivity contribution is 6.03. The number of aromatic hydroxyl groups is 1. The molecule has 0 spiro atoms. The molecule has 3 aromatic rings. The number of aryl methyl sites for hydroxylation is 1. The lowest BCUT2D eigenvalue weighted by Crippen LogP contribution is -2.33. The number of halogens is 1. The lowest BCUT2D eigenvalue weighted by Gasteiger charge is -2.15. The first-order chi connectivity index (χ1) is 18.7. The van der Waals surface area contributed by atoms with E-state index in [0.717, 1.165) is 24.6 Å². The molecular weight excluding hydrogens is 511 g/mol. The van der Waals surface area contributed by atoms with Crippen molar-refractivity contribution in [2.45, 2.75) is 57.5 Å². The average Bonchev–Trinajstić information content (AvgIpc) is 3.67. The summed E-state index contributed by atoms with van der Waals surface area (Å²) >= 11 is 0. The van der Waals surface area contributed by atoms with E-state index >= 15 is 0 Å². The Balaban J connectivity index is 1.28. The number of phenols is 1. The summed E-state index contributed by atoms with van der Waals surface area (Å²) in [5, 5.41) is 27.4. The predicted molar refractivity (Wildman–Crippen MR) is 137 cm³/mol. The van der Waals surface area contributed by atoms with Crippen LogP contribution < -0.4 is 10.6 Å². The second kappa shape index (κ2) is 11.0. The Bertz CT molecular complexity index is 1360. The Labute approximate surface area is 223 Å². The molecule has 2 fully saturated rings. The van der Waals surface area contributed by atoms with E-state index in [1.165, 1.54) is 16.8 Å². The monoisotopic (exact) mass is 542 g/mol. The van der Waals surface area contributed by atoms with Gasteiger partial charge in [-0.15, -0.1) is 0 Å². The van der Waals surface area contributed by atoms with Gasteiger partial charge >= 0.3 is 6.09 Å². The molecule has 4 N–H and O–H groups in total. The molecule has 2 aromatic heterocycles. The van der Waals surface area contributed by atoms with E-state index in [-0.39, 0.29) is 46.3 Å². The van der Waals surface area contributed by atoms with Crippen LogP contribution in [0, 0.1) is 5.82 Å². The lowest BCUT2D eigenvalue weighted by molar-refractivity contribution is -0.0452. The van der Waals surface area contributed by atoms with Gasteiger partial charge in [-0.25, -0.2) is 9.18 Å². The van der Waals surface area contributed by atoms with Gasteiger partial charge in [-0.3, -0.25) is 14.6 Å². The molecule has 1 aliphatic carbocycles. The second-order valence-electron chi connectivity index (χ2n) is 9.97. The van der Waals surface area contributed by atoms with E-state index in [9.17, 15) is 19.1 Å². The van der Waals surface area contributed by atoms with Crippen molar-refractivity contribution in [3.05, 3.63) is 47.0 Å². The van der Waals surface area contributed by atoms with Crippen LogP contribution in [-0.4, -0.2) is 62.4 Å². The number of aromatic amines is 1. The molecule has 3 heterocycles. The van der Waals surface area contributed by atoms with Crippen LogP contribution in [0.5, 0.6) is 5.75 Å². The predicted octanol–water partition coefficient (Wildman–Crippen LogP) is 3.72. The Morgan fingerprint density at radius 1 is 1.23 bits per heavy atom. The van der Waals surface area contributed by atoms with Gasteiger partial charge in [-0.1, -0.05) is 0 Å². The molecular formula is C26H31FN6O6. The van der Waals surface area contributed by atoms with Crippen LogP contribution in [0.25, 0.3) is 11.3 Å². The quantitative estimate of drug-likeness (QED) is 0.352. The molecule has 0 radical (unpaired) electrons. The summed E-state index contributed by atoms with van der Waals surface area (Å²) in [7, 11) is 1.56. The van der Waals surface area contributed by atoms with Crippen molar-refractivity contribution in [2.75, 3.05) is 18.5 Å². The highest BCUT2D eigenvalue weighted by Gasteiger charge is 2.31. The molecule has 1 aromatic carbocycles. The molecule has 2 amide bonds. The third kappa shape index (κ3) is 5.73. The molecule has 1 saturated carbocycles. The summed E-state index contributed by atoms with van der Waals surface area (Å²) in [4.78, 5) is 25.0. The number of aromatic nitrogens is 4. The molecule has 0 bridgehead atoms. The van der Waals surface area contributed by atoms with Gasteiger partial charge in [0, 0.05) is 36.3 Å². The van der Waals surface area contributed by atoms with Crippen molar-refractivity contribution in [1.82, 2.24) is 25.3 Å². The van der Waals surface area contributed by atoms with E-state index in [1.54, 1.807) is 13.1 Å². The minimum Gasteiger partial charge on any atom is -0.507 e. The molecule has 12 nitrogen and oxygen atoms in total. The van der Waals surface area contributed by atoms with E-state index < -0.39 is 24.1 Å². The maximum atomic E-state index is 14.9. The number of ether oxygens (including phenoxy) is 3. The fourth-order valence-corrected chi connectivity index (χ4v) is 4.95. The van der Waals surface area contributed by atoms with Crippen molar-refractivity contribution >= 4 is 17.8 Å². The number of carbonyl (C=O) groups is 2. The molecule has 1 aliphatic heterocycles. The number of nitrogens with one attached hydrogen (secondary N) is 3.